The predicted octanol–water partition coefficient (Wildman–Crippen LogP) is 2.78. The highest BCUT2D eigenvalue weighted by Gasteiger charge is 2.18. The smallest absolute Gasteiger partial charge is 0.344 e. The molecule has 132 valence electrons. The first-order chi connectivity index (χ1) is 12.0. The Labute approximate surface area is 144 Å². The molecule has 0 saturated heterocycles. The normalized spacial score (nSPS) is 11.3. The largest absolute Gasteiger partial charge is 0.497 e. The van der Waals surface area contributed by atoms with Gasteiger partial charge in [0.1, 0.15) is 17.3 Å². The molecule has 25 heavy (non-hydrogen) atoms. The summed E-state index contributed by atoms with van der Waals surface area (Å²) in [5.41, 5.74) is 0.552. The molecule has 1 atom stereocenters. The van der Waals surface area contributed by atoms with Crippen molar-refractivity contribution in [2.24, 2.45) is 0 Å². The van der Waals surface area contributed by atoms with E-state index in [0.717, 1.165) is 0 Å². The van der Waals surface area contributed by atoms with Crippen LogP contribution in [0.1, 0.15) is 6.92 Å². The highest BCUT2D eigenvalue weighted by atomic mass is 19.1. The van der Waals surface area contributed by atoms with Gasteiger partial charge in [0.15, 0.2) is 12.7 Å². The van der Waals surface area contributed by atoms with E-state index in [0.29, 0.717) is 17.2 Å². The zero-order valence-corrected chi connectivity index (χ0v) is 13.8. The fraction of sp³-hybridized carbons (Fsp3) is 0.222. The number of esters is 1. The second-order valence-electron chi connectivity index (χ2n) is 5.09. The average molecular weight is 347 g/mol. The number of nitrogens with one attached hydrogen (secondary N) is 1. The molecule has 6 nitrogen and oxygen atoms in total. The number of hydrogen-bond acceptors (Lipinski definition) is 5. The number of carbonyl (C=O) groups is 2. The van der Waals surface area contributed by atoms with Crippen molar-refractivity contribution in [1.29, 1.82) is 0 Å². The number of benzene rings is 2. The van der Waals surface area contributed by atoms with Crippen molar-refractivity contribution in [3.63, 3.8) is 0 Å². The zero-order chi connectivity index (χ0) is 18.2. The molecule has 1 N–H and O–H groups in total. The van der Waals surface area contributed by atoms with E-state index in [9.17, 15) is 14.0 Å². The number of methoxy groups -OCH3 is 1. The first-order valence-corrected chi connectivity index (χ1v) is 7.50. The van der Waals surface area contributed by atoms with Gasteiger partial charge >= 0.3 is 5.97 Å². The van der Waals surface area contributed by atoms with Crippen LogP contribution in [0.2, 0.25) is 0 Å². The molecule has 0 aromatic heterocycles. The number of hydrogen-bond donors (Lipinski definition) is 1. The van der Waals surface area contributed by atoms with Crippen LogP contribution in [0, 0.1) is 5.82 Å². The maximum absolute atomic E-state index is 12.8. The average Bonchev–Trinajstić information content (AvgIpc) is 2.61. The Morgan fingerprint density at radius 2 is 1.64 bits per heavy atom. The molecule has 2 aromatic rings. The van der Waals surface area contributed by atoms with Gasteiger partial charge in [-0.05, 0) is 55.5 Å². The zero-order valence-electron chi connectivity index (χ0n) is 13.8. The SMILES string of the molecule is COc1ccc(NC(=O)[C@H](C)OC(=O)COc2ccc(F)cc2)cc1. The molecule has 0 heterocycles. The summed E-state index contributed by atoms with van der Waals surface area (Å²) in [5, 5.41) is 2.62. The molecular weight excluding hydrogens is 329 g/mol. The first kappa shape index (κ1) is 18.3. The van der Waals surface area contributed by atoms with Crippen molar-refractivity contribution in [2.75, 3.05) is 19.0 Å². The summed E-state index contributed by atoms with van der Waals surface area (Å²) >= 11 is 0. The first-order valence-electron chi connectivity index (χ1n) is 7.50. The van der Waals surface area contributed by atoms with Gasteiger partial charge in [-0.2, -0.15) is 0 Å². The lowest BCUT2D eigenvalue weighted by atomic mass is 10.3. The Balaban J connectivity index is 1.78. The molecule has 0 saturated carbocycles. The maximum atomic E-state index is 12.8. The molecule has 0 aliphatic rings. The molecule has 0 fully saturated rings. The van der Waals surface area contributed by atoms with E-state index < -0.39 is 23.8 Å². The van der Waals surface area contributed by atoms with Gasteiger partial charge in [-0.3, -0.25) is 4.79 Å². The number of carbonyl (C=O) groups excluding carboxylic acids is 2. The Hall–Kier alpha value is -3.09. The third-order valence-electron chi connectivity index (χ3n) is 3.21. The van der Waals surface area contributed by atoms with Crippen LogP contribution in [0.5, 0.6) is 11.5 Å². The number of halogens is 1. The molecule has 0 aliphatic heterocycles. The minimum atomic E-state index is -0.994. The summed E-state index contributed by atoms with van der Waals surface area (Å²) in [6, 6.07) is 11.9. The lowest BCUT2D eigenvalue weighted by Crippen LogP contribution is -2.31. The summed E-state index contributed by atoms with van der Waals surface area (Å²) in [5.74, 6) is -0.593. The fourth-order valence-corrected chi connectivity index (χ4v) is 1.88. The van der Waals surface area contributed by atoms with E-state index in [-0.39, 0.29) is 6.61 Å². The van der Waals surface area contributed by atoms with Crippen LogP contribution in [0.15, 0.2) is 48.5 Å². The second kappa shape index (κ2) is 8.68. The standard InChI is InChI=1S/C18H18FNO5/c1-12(18(22)20-14-5-9-15(23-2)10-6-14)25-17(21)11-24-16-7-3-13(19)4-8-16/h3-10,12H,11H2,1-2H3,(H,20,22)/t12-/m0/s1. The van der Waals surface area contributed by atoms with Crippen molar-refractivity contribution >= 4 is 17.6 Å². The lowest BCUT2D eigenvalue weighted by Gasteiger charge is -2.14. The highest BCUT2D eigenvalue weighted by Crippen LogP contribution is 2.15. The van der Waals surface area contributed by atoms with Crippen LogP contribution in [0.25, 0.3) is 0 Å². The van der Waals surface area contributed by atoms with Gasteiger partial charge < -0.3 is 19.5 Å². The van der Waals surface area contributed by atoms with E-state index >= 15 is 0 Å². The minimum Gasteiger partial charge on any atom is -0.497 e. The monoisotopic (exact) mass is 347 g/mol. The van der Waals surface area contributed by atoms with Crippen LogP contribution >= 0.6 is 0 Å². The van der Waals surface area contributed by atoms with Gasteiger partial charge in [0.05, 0.1) is 7.11 Å². The molecule has 1 amide bonds. The van der Waals surface area contributed by atoms with Crippen LogP contribution in [0.3, 0.4) is 0 Å². The Bertz CT molecular complexity index is 715. The molecule has 0 bridgehead atoms. The van der Waals surface area contributed by atoms with Crippen molar-refractivity contribution in [1.82, 2.24) is 0 Å². The van der Waals surface area contributed by atoms with E-state index in [2.05, 4.69) is 5.32 Å². The Morgan fingerprint density at radius 1 is 1.04 bits per heavy atom. The van der Waals surface area contributed by atoms with Crippen molar-refractivity contribution in [2.45, 2.75) is 13.0 Å². The number of ether oxygens (including phenoxy) is 3. The molecule has 2 aromatic carbocycles. The van der Waals surface area contributed by atoms with E-state index in [1.54, 1.807) is 31.4 Å². The quantitative estimate of drug-likeness (QED) is 0.780. The van der Waals surface area contributed by atoms with E-state index in [4.69, 9.17) is 14.2 Å². The van der Waals surface area contributed by atoms with Crippen molar-refractivity contribution in [3.05, 3.63) is 54.3 Å². The summed E-state index contributed by atoms with van der Waals surface area (Å²) in [6.45, 7) is 1.07. The van der Waals surface area contributed by atoms with Crippen LogP contribution in [0.4, 0.5) is 10.1 Å². The Kier molecular flexibility index (Phi) is 6.33. The van der Waals surface area contributed by atoms with Gasteiger partial charge in [-0.15, -0.1) is 0 Å². The summed E-state index contributed by atoms with van der Waals surface area (Å²) < 4.78 is 28.0. The van der Waals surface area contributed by atoms with Crippen LogP contribution < -0.4 is 14.8 Å². The molecule has 7 heteroatoms. The van der Waals surface area contributed by atoms with Gasteiger partial charge in [0.25, 0.3) is 5.91 Å². The highest BCUT2D eigenvalue weighted by molar-refractivity contribution is 5.95. The molecule has 2 rings (SSSR count). The molecule has 0 unspecified atom stereocenters. The molecule has 0 spiro atoms. The maximum Gasteiger partial charge on any atom is 0.344 e. The van der Waals surface area contributed by atoms with Gasteiger partial charge in [-0.25, -0.2) is 9.18 Å². The number of anilines is 1. The predicted molar refractivity (Wildman–Crippen MR) is 89.1 cm³/mol. The van der Waals surface area contributed by atoms with Crippen molar-refractivity contribution in [3.8, 4) is 11.5 Å². The summed E-state index contributed by atoms with van der Waals surface area (Å²) in [4.78, 5) is 23.7. The third kappa shape index (κ3) is 5.80. The summed E-state index contributed by atoms with van der Waals surface area (Å²) in [7, 11) is 1.54. The van der Waals surface area contributed by atoms with Gasteiger partial charge in [-0.1, -0.05) is 0 Å². The number of rotatable bonds is 7. The topological polar surface area (TPSA) is 73.9 Å². The molecular formula is C18H18FNO5. The van der Waals surface area contributed by atoms with Crippen molar-refractivity contribution < 1.29 is 28.2 Å². The summed E-state index contributed by atoms with van der Waals surface area (Å²) in [6.07, 6.45) is -0.994. The third-order valence-corrected chi connectivity index (χ3v) is 3.21. The van der Waals surface area contributed by atoms with Gasteiger partial charge in [0, 0.05) is 5.69 Å². The lowest BCUT2D eigenvalue weighted by molar-refractivity contribution is -0.155. The van der Waals surface area contributed by atoms with Crippen LogP contribution in [-0.4, -0.2) is 31.7 Å². The minimum absolute atomic E-state index is 0.327. The Morgan fingerprint density at radius 3 is 2.24 bits per heavy atom. The van der Waals surface area contributed by atoms with Gasteiger partial charge in [0.2, 0.25) is 0 Å². The van der Waals surface area contributed by atoms with E-state index in [1.807, 2.05) is 0 Å². The van der Waals surface area contributed by atoms with Crippen LogP contribution in [-0.2, 0) is 14.3 Å². The fourth-order valence-electron chi connectivity index (χ4n) is 1.88. The second-order valence-corrected chi connectivity index (χ2v) is 5.09. The van der Waals surface area contributed by atoms with E-state index in [1.165, 1.54) is 31.2 Å². The molecule has 0 radical (unpaired) electrons. The number of amides is 1. The molecule has 0 aliphatic carbocycles.